The number of thiophene rings is 1. The summed E-state index contributed by atoms with van der Waals surface area (Å²) in [5.74, 6) is 0.341. The largest absolute Gasteiger partial charge is 0.507 e. The lowest BCUT2D eigenvalue weighted by atomic mass is 10.2. The highest BCUT2D eigenvalue weighted by molar-refractivity contribution is 7.98. The Kier molecular flexibility index (Phi) is 2.45. The first kappa shape index (κ1) is 9.24. The van der Waals surface area contributed by atoms with Crippen molar-refractivity contribution in [1.82, 2.24) is 0 Å². The quantitative estimate of drug-likeness (QED) is 0.574. The predicted molar refractivity (Wildman–Crippen MR) is 62.5 cm³/mol. The summed E-state index contributed by atoms with van der Waals surface area (Å²) in [6, 6.07) is 3.78. The van der Waals surface area contributed by atoms with Gasteiger partial charge >= 0.3 is 0 Å². The molecule has 0 aliphatic carbocycles. The van der Waals surface area contributed by atoms with Crippen LogP contribution in [0.3, 0.4) is 0 Å². The molecule has 1 nitrogen and oxygen atoms in total. The first-order valence-electron chi connectivity index (χ1n) is 3.69. The molecule has 0 atom stereocenters. The van der Waals surface area contributed by atoms with Crippen molar-refractivity contribution < 1.29 is 5.11 Å². The summed E-state index contributed by atoms with van der Waals surface area (Å²) < 4.78 is 1.17. The second-order valence-corrected chi connectivity index (χ2v) is 4.88. The van der Waals surface area contributed by atoms with E-state index < -0.39 is 0 Å². The lowest BCUT2D eigenvalue weighted by Gasteiger charge is -2.00. The van der Waals surface area contributed by atoms with Crippen LogP contribution in [0.15, 0.2) is 27.3 Å². The average molecular weight is 228 g/mol. The van der Waals surface area contributed by atoms with E-state index in [0.717, 1.165) is 15.2 Å². The van der Waals surface area contributed by atoms with E-state index in [9.17, 15) is 5.11 Å². The molecule has 0 radical (unpaired) electrons. The smallest absolute Gasteiger partial charge is 0.129 e. The molecule has 2 rings (SSSR count). The molecule has 1 aromatic carbocycles. The SMILES string of the molecule is CSc1cc2scc(S)c2cc1O. The molecule has 0 bridgehead atoms. The Morgan fingerprint density at radius 3 is 2.92 bits per heavy atom. The maximum absolute atomic E-state index is 9.60. The van der Waals surface area contributed by atoms with Crippen LogP contribution in [0.5, 0.6) is 5.75 Å². The maximum Gasteiger partial charge on any atom is 0.129 e. The monoisotopic (exact) mass is 228 g/mol. The molecule has 13 heavy (non-hydrogen) atoms. The van der Waals surface area contributed by atoms with Crippen molar-refractivity contribution >= 4 is 45.8 Å². The fraction of sp³-hybridized carbons (Fsp3) is 0.111. The summed E-state index contributed by atoms with van der Waals surface area (Å²) in [6.45, 7) is 0. The Balaban J connectivity index is 2.76. The van der Waals surface area contributed by atoms with E-state index in [-0.39, 0.29) is 0 Å². The standard InChI is InChI=1S/C9H8OS3/c1-12-9-3-8-5(2-6(9)10)7(11)4-13-8/h2-4,10-11H,1H3. The number of phenolic OH excluding ortho intramolecular Hbond substituents is 1. The van der Waals surface area contributed by atoms with Gasteiger partial charge in [0.1, 0.15) is 5.75 Å². The Morgan fingerprint density at radius 1 is 1.46 bits per heavy atom. The van der Waals surface area contributed by atoms with Gasteiger partial charge in [-0.05, 0) is 18.4 Å². The summed E-state index contributed by atoms with van der Waals surface area (Å²) >= 11 is 7.51. The van der Waals surface area contributed by atoms with Gasteiger partial charge in [0, 0.05) is 20.4 Å². The average Bonchev–Trinajstić information content (AvgIpc) is 2.47. The topological polar surface area (TPSA) is 20.2 Å². The van der Waals surface area contributed by atoms with Crippen LogP contribution in [-0.4, -0.2) is 11.4 Å². The zero-order chi connectivity index (χ0) is 9.42. The number of thiol groups is 1. The molecule has 1 heterocycles. The van der Waals surface area contributed by atoms with Crippen LogP contribution in [-0.2, 0) is 0 Å². The summed E-state index contributed by atoms with van der Waals surface area (Å²) in [4.78, 5) is 1.85. The van der Waals surface area contributed by atoms with E-state index in [2.05, 4.69) is 12.6 Å². The molecule has 2 aromatic rings. The Morgan fingerprint density at radius 2 is 2.23 bits per heavy atom. The minimum atomic E-state index is 0.341. The summed E-state index contributed by atoms with van der Waals surface area (Å²) in [7, 11) is 0. The molecule has 4 heteroatoms. The van der Waals surface area contributed by atoms with Crippen molar-refractivity contribution in [3.05, 3.63) is 17.5 Å². The molecular weight excluding hydrogens is 220 g/mol. The first-order chi connectivity index (χ1) is 6.22. The van der Waals surface area contributed by atoms with E-state index in [1.807, 2.05) is 17.7 Å². The molecule has 0 saturated carbocycles. The molecule has 0 aliphatic heterocycles. The van der Waals surface area contributed by atoms with Crippen LogP contribution in [0.4, 0.5) is 0 Å². The van der Waals surface area contributed by atoms with Gasteiger partial charge in [-0.1, -0.05) is 0 Å². The molecule has 0 saturated heterocycles. The molecular formula is C9H8OS3. The first-order valence-corrected chi connectivity index (χ1v) is 6.24. The van der Waals surface area contributed by atoms with Crippen molar-refractivity contribution in [2.45, 2.75) is 9.79 Å². The van der Waals surface area contributed by atoms with Gasteiger partial charge in [0.25, 0.3) is 0 Å². The molecule has 1 N–H and O–H groups in total. The van der Waals surface area contributed by atoms with Gasteiger partial charge in [-0.25, -0.2) is 0 Å². The van der Waals surface area contributed by atoms with Gasteiger partial charge in [0.2, 0.25) is 0 Å². The summed E-state index contributed by atoms with van der Waals surface area (Å²) in [6.07, 6.45) is 1.95. The van der Waals surface area contributed by atoms with E-state index in [1.54, 1.807) is 29.2 Å². The van der Waals surface area contributed by atoms with Gasteiger partial charge in [-0.15, -0.1) is 35.7 Å². The minimum Gasteiger partial charge on any atom is -0.507 e. The van der Waals surface area contributed by atoms with E-state index in [1.165, 1.54) is 4.70 Å². The lowest BCUT2D eigenvalue weighted by Crippen LogP contribution is -1.72. The molecule has 1 aromatic heterocycles. The second kappa shape index (κ2) is 3.44. The fourth-order valence-corrected chi connectivity index (χ4v) is 3.04. The lowest BCUT2D eigenvalue weighted by molar-refractivity contribution is 0.463. The third-order valence-corrected chi connectivity index (χ3v) is 4.11. The number of rotatable bonds is 1. The van der Waals surface area contributed by atoms with Crippen LogP contribution in [0, 0.1) is 0 Å². The molecule has 0 aliphatic rings. The highest BCUT2D eigenvalue weighted by Crippen LogP contribution is 2.37. The highest BCUT2D eigenvalue weighted by atomic mass is 32.2. The zero-order valence-electron chi connectivity index (χ0n) is 6.94. The van der Waals surface area contributed by atoms with E-state index >= 15 is 0 Å². The van der Waals surface area contributed by atoms with Gasteiger partial charge in [-0.3, -0.25) is 0 Å². The Hall–Kier alpha value is -0.320. The van der Waals surface area contributed by atoms with Crippen molar-refractivity contribution in [1.29, 1.82) is 0 Å². The number of benzene rings is 1. The van der Waals surface area contributed by atoms with Crippen LogP contribution in [0.25, 0.3) is 10.1 Å². The molecule has 0 spiro atoms. The van der Waals surface area contributed by atoms with Crippen molar-refractivity contribution in [2.24, 2.45) is 0 Å². The van der Waals surface area contributed by atoms with E-state index in [0.29, 0.717) is 5.75 Å². The third kappa shape index (κ3) is 1.54. The number of thioether (sulfide) groups is 1. The molecule has 0 fully saturated rings. The van der Waals surface area contributed by atoms with Crippen molar-refractivity contribution in [3.63, 3.8) is 0 Å². The normalized spacial score (nSPS) is 10.9. The van der Waals surface area contributed by atoms with E-state index in [4.69, 9.17) is 0 Å². The highest BCUT2D eigenvalue weighted by Gasteiger charge is 2.06. The van der Waals surface area contributed by atoms with Gasteiger partial charge in [0.15, 0.2) is 0 Å². The number of fused-ring (bicyclic) bond motifs is 1. The summed E-state index contributed by atoms with van der Waals surface area (Å²) in [5, 5.41) is 12.6. The van der Waals surface area contributed by atoms with Crippen LogP contribution in [0.1, 0.15) is 0 Å². The fourth-order valence-electron chi connectivity index (χ4n) is 1.19. The summed E-state index contributed by atoms with van der Waals surface area (Å²) in [5.41, 5.74) is 0. The Bertz CT molecular complexity index is 447. The van der Waals surface area contributed by atoms with Crippen molar-refractivity contribution in [3.8, 4) is 5.75 Å². The molecule has 0 amide bonds. The van der Waals surface area contributed by atoms with Gasteiger partial charge in [0.05, 0.1) is 4.90 Å². The van der Waals surface area contributed by atoms with Gasteiger partial charge in [-0.2, -0.15) is 0 Å². The van der Waals surface area contributed by atoms with Crippen LogP contribution < -0.4 is 0 Å². The number of phenols is 1. The molecule has 68 valence electrons. The van der Waals surface area contributed by atoms with Crippen LogP contribution in [0.2, 0.25) is 0 Å². The van der Waals surface area contributed by atoms with Crippen LogP contribution >= 0.6 is 35.7 Å². The van der Waals surface area contributed by atoms with Crippen molar-refractivity contribution in [2.75, 3.05) is 6.26 Å². The second-order valence-electron chi connectivity index (χ2n) is 2.64. The predicted octanol–water partition coefficient (Wildman–Crippen LogP) is 3.62. The maximum atomic E-state index is 9.60. The number of hydrogen-bond acceptors (Lipinski definition) is 4. The third-order valence-electron chi connectivity index (χ3n) is 1.85. The minimum absolute atomic E-state index is 0.341. The molecule has 0 unspecified atom stereocenters. The zero-order valence-corrected chi connectivity index (χ0v) is 9.47. The van der Waals surface area contributed by atoms with Gasteiger partial charge < -0.3 is 5.11 Å². The number of aromatic hydroxyl groups is 1. The Labute approximate surface area is 90.2 Å². The number of hydrogen-bond donors (Lipinski definition) is 2.